The Bertz CT molecular complexity index is 552. The summed E-state index contributed by atoms with van der Waals surface area (Å²) in [6, 6.07) is 4.70. The standard InChI is InChI=1S/C14H16F3N/c1-3-4-5-11-8-10(2)18-9-12(14(15,16)17)6-7-13(11)18/h6-9H,3-5H2,1-2H3. The molecule has 18 heavy (non-hydrogen) atoms. The summed E-state index contributed by atoms with van der Waals surface area (Å²) in [6.07, 6.45) is -0.0506. The molecule has 0 amide bonds. The highest BCUT2D eigenvalue weighted by molar-refractivity contribution is 5.58. The number of halogens is 3. The molecule has 0 saturated heterocycles. The van der Waals surface area contributed by atoms with Crippen LogP contribution in [0, 0.1) is 6.92 Å². The van der Waals surface area contributed by atoms with Crippen LogP contribution in [-0.4, -0.2) is 4.40 Å². The second-order valence-corrected chi connectivity index (χ2v) is 4.59. The van der Waals surface area contributed by atoms with Gasteiger partial charge in [0.1, 0.15) is 0 Å². The van der Waals surface area contributed by atoms with Gasteiger partial charge in [0, 0.05) is 17.4 Å². The summed E-state index contributed by atoms with van der Waals surface area (Å²) in [6.45, 7) is 3.94. The maximum absolute atomic E-state index is 12.6. The number of alkyl halides is 3. The molecule has 0 unspecified atom stereocenters. The lowest BCUT2D eigenvalue weighted by Gasteiger charge is -2.08. The first-order valence-electron chi connectivity index (χ1n) is 6.11. The normalized spacial score (nSPS) is 12.3. The van der Waals surface area contributed by atoms with E-state index in [1.807, 2.05) is 13.0 Å². The smallest absolute Gasteiger partial charge is 0.320 e. The van der Waals surface area contributed by atoms with E-state index in [9.17, 15) is 13.2 Å². The average Bonchev–Trinajstić information content (AvgIpc) is 2.62. The number of nitrogens with zero attached hydrogens (tertiary/aromatic N) is 1. The molecule has 0 aromatic carbocycles. The van der Waals surface area contributed by atoms with Crippen molar-refractivity contribution < 1.29 is 13.2 Å². The molecule has 1 nitrogen and oxygen atoms in total. The third-order valence-corrected chi connectivity index (χ3v) is 3.17. The van der Waals surface area contributed by atoms with Gasteiger partial charge in [-0.25, -0.2) is 0 Å². The second kappa shape index (κ2) is 4.67. The van der Waals surface area contributed by atoms with Gasteiger partial charge in [-0.2, -0.15) is 13.2 Å². The molecule has 2 rings (SSSR count). The molecule has 0 bridgehead atoms. The van der Waals surface area contributed by atoms with Gasteiger partial charge in [0.2, 0.25) is 0 Å². The van der Waals surface area contributed by atoms with Crippen LogP contribution in [0.1, 0.15) is 36.6 Å². The molecule has 0 aliphatic carbocycles. The Morgan fingerprint density at radius 1 is 1.22 bits per heavy atom. The van der Waals surface area contributed by atoms with E-state index >= 15 is 0 Å². The molecule has 2 aromatic rings. The highest BCUT2D eigenvalue weighted by atomic mass is 19.4. The lowest BCUT2D eigenvalue weighted by atomic mass is 10.1. The van der Waals surface area contributed by atoms with Gasteiger partial charge in [0.25, 0.3) is 0 Å². The summed E-state index contributed by atoms with van der Waals surface area (Å²) in [5.74, 6) is 0. The molecule has 0 atom stereocenters. The van der Waals surface area contributed by atoms with E-state index in [4.69, 9.17) is 0 Å². The van der Waals surface area contributed by atoms with Gasteiger partial charge in [0.05, 0.1) is 5.56 Å². The summed E-state index contributed by atoms with van der Waals surface area (Å²) in [7, 11) is 0. The molecule has 2 heterocycles. The van der Waals surface area contributed by atoms with Gasteiger partial charge < -0.3 is 4.40 Å². The van der Waals surface area contributed by atoms with Crippen molar-refractivity contribution in [2.45, 2.75) is 39.3 Å². The highest BCUT2D eigenvalue weighted by Crippen LogP contribution is 2.30. The van der Waals surface area contributed by atoms with E-state index in [0.29, 0.717) is 0 Å². The maximum Gasteiger partial charge on any atom is 0.417 e. The molecule has 98 valence electrons. The van der Waals surface area contributed by atoms with Crippen molar-refractivity contribution >= 4 is 5.52 Å². The van der Waals surface area contributed by atoms with Crippen molar-refractivity contribution in [3.05, 3.63) is 41.2 Å². The van der Waals surface area contributed by atoms with E-state index in [2.05, 4.69) is 6.92 Å². The zero-order valence-electron chi connectivity index (χ0n) is 10.5. The number of hydrogen-bond acceptors (Lipinski definition) is 0. The first-order chi connectivity index (χ1) is 8.43. The molecular formula is C14H16F3N. The van der Waals surface area contributed by atoms with Crippen LogP contribution in [0.2, 0.25) is 0 Å². The van der Waals surface area contributed by atoms with Crippen LogP contribution >= 0.6 is 0 Å². The third kappa shape index (κ3) is 2.37. The predicted octanol–water partition coefficient (Wildman–Crippen LogP) is 4.61. The lowest BCUT2D eigenvalue weighted by molar-refractivity contribution is -0.137. The molecule has 0 fully saturated rings. The fourth-order valence-corrected chi connectivity index (χ4v) is 2.19. The van der Waals surface area contributed by atoms with Crippen LogP contribution in [0.4, 0.5) is 13.2 Å². The van der Waals surface area contributed by atoms with Gasteiger partial charge in [-0.1, -0.05) is 13.3 Å². The SMILES string of the molecule is CCCCc1cc(C)n2cc(C(F)(F)F)ccc12. The molecule has 0 aliphatic heterocycles. The second-order valence-electron chi connectivity index (χ2n) is 4.59. The third-order valence-electron chi connectivity index (χ3n) is 3.17. The first-order valence-corrected chi connectivity index (χ1v) is 6.11. The van der Waals surface area contributed by atoms with Crippen molar-refractivity contribution in [1.29, 1.82) is 0 Å². The fourth-order valence-electron chi connectivity index (χ4n) is 2.19. The van der Waals surface area contributed by atoms with Crippen LogP contribution < -0.4 is 0 Å². The monoisotopic (exact) mass is 255 g/mol. The van der Waals surface area contributed by atoms with Gasteiger partial charge in [-0.3, -0.25) is 0 Å². The van der Waals surface area contributed by atoms with Crippen molar-refractivity contribution in [2.75, 3.05) is 0 Å². The Morgan fingerprint density at radius 3 is 2.56 bits per heavy atom. The van der Waals surface area contributed by atoms with Crippen LogP contribution in [-0.2, 0) is 12.6 Å². The highest BCUT2D eigenvalue weighted by Gasteiger charge is 2.31. The van der Waals surface area contributed by atoms with Crippen molar-refractivity contribution in [3.63, 3.8) is 0 Å². The largest absolute Gasteiger partial charge is 0.417 e. The van der Waals surface area contributed by atoms with E-state index in [1.54, 1.807) is 10.5 Å². The number of aryl methyl sites for hydroxylation is 2. The van der Waals surface area contributed by atoms with Crippen LogP contribution in [0.5, 0.6) is 0 Å². The van der Waals surface area contributed by atoms with Gasteiger partial charge in [-0.15, -0.1) is 0 Å². The minimum atomic E-state index is -4.28. The Morgan fingerprint density at radius 2 is 1.94 bits per heavy atom. The number of pyridine rings is 1. The summed E-state index contributed by atoms with van der Waals surface area (Å²) in [5, 5.41) is 0. The average molecular weight is 255 g/mol. The zero-order valence-corrected chi connectivity index (χ0v) is 10.5. The van der Waals surface area contributed by atoms with E-state index in [-0.39, 0.29) is 0 Å². The quantitative estimate of drug-likeness (QED) is 0.754. The molecule has 0 N–H and O–H groups in total. The minimum Gasteiger partial charge on any atom is -0.320 e. The van der Waals surface area contributed by atoms with Gasteiger partial charge in [-0.05, 0) is 43.5 Å². The molecular weight excluding hydrogens is 239 g/mol. The fraction of sp³-hybridized carbons (Fsp3) is 0.429. The Hall–Kier alpha value is -1.45. The molecule has 0 saturated carbocycles. The maximum atomic E-state index is 12.6. The van der Waals surface area contributed by atoms with Crippen LogP contribution in [0.15, 0.2) is 24.4 Å². The van der Waals surface area contributed by atoms with E-state index < -0.39 is 11.7 Å². The molecule has 4 heteroatoms. The Kier molecular flexibility index (Phi) is 3.37. The summed E-state index contributed by atoms with van der Waals surface area (Å²) in [5.41, 5.74) is 2.26. The Labute approximate surface area is 104 Å². The Balaban J connectivity index is 2.49. The van der Waals surface area contributed by atoms with Crippen molar-refractivity contribution in [1.82, 2.24) is 4.40 Å². The number of hydrogen-bond donors (Lipinski definition) is 0. The number of fused-ring (bicyclic) bond motifs is 1. The first kappa shape index (κ1) is 13.0. The molecule has 0 radical (unpaired) electrons. The van der Waals surface area contributed by atoms with Gasteiger partial charge >= 0.3 is 6.18 Å². The molecule has 2 aromatic heterocycles. The van der Waals surface area contributed by atoms with Crippen LogP contribution in [0.3, 0.4) is 0 Å². The topological polar surface area (TPSA) is 4.41 Å². The lowest BCUT2D eigenvalue weighted by Crippen LogP contribution is -2.06. The molecule has 0 aliphatic rings. The van der Waals surface area contributed by atoms with Crippen LogP contribution in [0.25, 0.3) is 5.52 Å². The number of aromatic nitrogens is 1. The number of unbranched alkanes of at least 4 members (excludes halogenated alkanes) is 1. The minimum absolute atomic E-state index is 0.601. The van der Waals surface area contributed by atoms with Crippen molar-refractivity contribution in [2.24, 2.45) is 0 Å². The van der Waals surface area contributed by atoms with Gasteiger partial charge in [0.15, 0.2) is 0 Å². The van der Waals surface area contributed by atoms with E-state index in [0.717, 1.165) is 42.1 Å². The predicted molar refractivity (Wildman–Crippen MR) is 65.7 cm³/mol. The van der Waals surface area contributed by atoms with Crippen molar-refractivity contribution in [3.8, 4) is 0 Å². The number of rotatable bonds is 3. The zero-order chi connectivity index (χ0) is 13.3. The molecule has 0 spiro atoms. The summed E-state index contributed by atoms with van der Waals surface area (Å²) in [4.78, 5) is 0. The summed E-state index contributed by atoms with van der Waals surface area (Å²) < 4.78 is 39.6. The summed E-state index contributed by atoms with van der Waals surface area (Å²) >= 11 is 0. The van der Waals surface area contributed by atoms with E-state index in [1.165, 1.54) is 6.20 Å².